The van der Waals surface area contributed by atoms with Crippen LogP contribution in [0.25, 0.3) is 11.1 Å². The molecule has 0 fully saturated rings. The Morgan fingerprint density at radius 2 is 2.00 bits per heavy atom. The molecule has 3 rings (SSSR count). The number of carbonyl (C=O) groups is 1. The summed E-state index contributed by atoms with van der Waals surface area (Å²) in [7, 11) is 0. The first-order chi connectivity index (χ1) is 11.2. The van der Waals surface area contributed by atoms with Crippen LogP contribution in [-0.2, 0) is 6.42 Å². The fraction of sp³-hybridized carbons (Fsp3) is 0.235. The van der Waals surface area contributed by atoms with E-state index in [0.717, 1.165) is 12.8 Å². The van der Waals surface area contributed by atoms with Crippen molar-refractivity contribution in [3.05, 3.63) is 51.6 Å². The quantitative estimate of drug-likeness (QED) is 0.477. The molecule has 0 amide bonds. The number of benzene rings is 2. The Morgan fingerprint density at radius 3 is 2.61 bits per heavy atom. The normalized spacial score (nSPS) is 12.2. The van der Waals surface area contributed by atoms with Gasteiger partial charge in [-0.1, -0.05) is 37.6 Å². The van der Waals surface area contributed by atoms with Gasteiger partial charge in [0.15, 0.2) is 17.8 Å². The molecule has 2 aromatic rings. The van der Waals surface area contributed by atoms with E-state index < -0.39 is 4.92 Å². The average molecular weight is 313 g/mol. The molecule has 0 N–H and O–H groups in total. The summed E-state index contributed by atoms with van der Waals surface area (Å²) < 4.78 is 10.7. The maximum atomic E-state index is 11.5. The highest BCUT2D eigenvalue weighted by Crippen LogP contribution is 2.47. The summed E-state index contributed by atoms with van der Waals surface area (Å²) in [6, 6.07) is 8.84. The molecule has 6 heteroatoms. The van der Waals surface area contributed by atoms with Gasteiger partial charge < -0.3 is 9.47 Å². The van der Waals surface area contributed by atoms with Gasteiger partial charge in [0.05, 0.1) is 11.0 Å². The molecule has 1 aliphatic heterocycles. The number of hydrogen-bond donors (Lipinski definition) is 0. The predicted octanol–water partition coefficient (Wildman–Crippen LogP) is 3.76. The molecule has 0 spiro atoms. The third kappa shape index (κ3) is 2.63. The smallest absolute Gasteiger partial charge is 0.284 e. The topological polar surface area (TPSA) is 78.7 Å². The first-order valence-electron chi connectivity index (χ1n) is 7.31. The lowest BCUT2D eigenvalue weighted by molar-refractivity contribution is -0.385. The van der Waals surface area contributed by atoms with E-state index in [0.29, 0.717) is 23.2 Å². The molecular formula is C17H15NO5. The van der Waals surface area contributed by atoms with Gasteiger partial charge in [0, 0.05) is 5.56 Å². The van der Waals surface area contributed by atoms with Gasteiger partial charge in [-0.05, 0) is 17.5 Å². The summed E-state index contributed by atoms with van der Waals surface area (Å²) in [5.41, 5.74) is 1.99. The van der Waals surface area contributed by atoms with E-state index in [2.05, 4.69) is 6.92 Å². The zero-order valence-electron chi connectivity index (χ0n) is 12.6. The number of nitro benzene ring substituents is 1. The van der Waals surface area contributed by atoms with E-state index in [-0.39, 0.29) is 23.8 Å². The van der Waals surface area contributed by atoms with E-state index in [1.807, 2.05) is 24.3 Å². The number of ether oxygens (including phenoxy) is 2. The Hall–Kier alpha value is -2.89. The highest BCUT2D eigenvalue weighted by atomic mass is 16.7. The summed E-state index contributed by atoms with van der Waals surface area (Å²) in [4.78, 5) is 22.2. The number of aldehydes is 1. The second-order valence-electron chi connectivity index (χ2n) is 5.24. The Kier molecular flexibility index (Phi) is 3.97. The van der Waals surface area contributed by atoms with Crippen molar-refractivity contribution in [2.45, 2.75) is 19.8 Å². The van der Waals surface area contributed by atoms with E-state index in [9.17, 15) is 14.9 Å². The van der Waals surface area contributed by atoms with E-state index in [1.54, 1.807) is 0 Å². The van der Waals surface area contributed by atoms with Crippen molar-refractivity contribution in [2.24, 2.45) is 0 Å². The lowest BCUT2D eigenvalue weighted by Crippen LogP contribution is -1.99. The number of nitro groups is 1. The average Bonchev–Trinajstić information content (AvgIpc) is 3.02. The van der Waals surface area contributed by atoms with Crippen molar-refractivity contribution in [2.75, 3.05) is 6.79 Å². The molecular weight excluding hydrogens is 298 g/mol. The maximum absolute atomic E-state index is 11.5. The summed E-state index contributed by atoms with van der Waals surface area (Å²) >= 11 is 0. The van der Waals surface area contributed by atoms with Crippen LogP contribution in [0.5, 0.6) is 11.5 Å². The third-order valence-corrected chi connectivity index (χ3v) is 3.78. The second kappa shape index (κ2) is 6.08. The summed E-state index contributed by atoms with van der Waals surface area (Å²) in [6.45, 7) is 2.08. The molecule has 0 unspecified atom stereocenters. The molecule has 23 heavy (non-hydrogen) atoms. The highest BCUT2D eigenvalue weighted by Gasteiger charge is 2.29. The third-order valence-electron chi connectivity index (χ3n) is 3.78. The molecule has 1 aliphatic rings. The Bertz CT molecular complexity index is 768. The van der Waals surface area contributed by atoms with Crippen LogP contribution in [0.4, 0.5) is 5.69 Å². The van der Waals surface area contributed by atoms with Gasteiger partial charge in [-0.25, -0.2) is 0 Å². The van der Waals surface area contributed by atoms with Crippen LogP contribution in [0, 0.1) is 10.1 Å². The van der Waals surface area contributed by atoms with Gasteiger partial charge in [-0.2, -0.15) is 0 Å². The van der Waals surface area contributed by atoms with Crippen molar-refractivity contribution >= 4 is 12.0 Å². The van der Waals surface area contributed by atoms with Crippen LogP contribution < -0.4 is 9.47 Å². The zero-order chi connectivity index (χ0) is 16.4. The minimum atomic E-state index is -0.583. The molecule has 1 heterocycles. The van der Waals surface area contributed by atoms with E-state index >= 15 is 0 Å². The molecule has 0 saturated heterocycles. The standard InChI is InChI=1S/C17H15NO5/c1-2-3-11-4-6-12(7-5-11)16-13(9-19)14(18(20)21)8-15-17(16)23-10-22-15/h4-9H,2-3,10H2,1H3. The zero-order valence-corrected chi connectivity index (χ0v) is 12.6. The van der Waals surface area contributed by atoms with Crippen molar-refractivity contribution in [1.29, 1.82) is 0 Å². The van der Waals surface area contributed by atoms with Gasteiger partial charge in [-0.3, -0.25) is 14.9 Å². The molecule has 0 aliphatic carbocycles. The minimum Gasteiger partial charge on any atom is -0.453 e. The van der Waals surface area contributed by atoms with Gasteiger partial charge in [0.25, 0.3) is 5.69 Å². The molecule has 118 valence electrons. The lowest BCUT2D eigenvalue weighted by atomic mass is 9.95. The second-order valence-corrected chi connectivity index (χ2v) is 5.24. The molecule has 2 aromatic carbocycles. The van der Waals surface area contributed by atoms with Crippen LogP contribution in [0.2, 0.25) is 0 Å². The molecule has 0 bridgehead atoms. The van der Waals surface area contributed by atoms with Crippen LogP contribution >= 0.6 is 0 Å². The van der Waals surface area contributed by atoms with Crippen molar-refractivity contribution in [3.63, 3.8) is 0 Å². The number of nitrogens with zero attached hydrogens (tertiary/aromatic N) is 1. The van der Waals surface area contributed by atoms with Gasteiger partial charge in [0.2, 0.25) is 6.79 Å². The van der Waals surface area contributed by atoms with Crippen molar-refractivity contribution in [3.8, 4) is 22.6 Å². The van der Waals surface area contributed by atoms with Gasteiger partial charge in [0.1, 0.15) is 5.56 Å². The maximum Gasteiger partial charge on any atom is 0.284 e. The number of aryl methyl sites for hydroxylation is 1. The molecule has 0 radical (unpaired) electrons. The van der Waals surface area contributed by atoms with Crippen LogP contribution in [0.3, 0.4) is 0 Å². The number of hydrogen-bond acceptors (Lipinski definition) is 5. The Labute approximate surface area is 132 Å². The van der Waals surface area contributed by atoms with Crippen molar-refractivity contribution < 1.29 is 19.2 Å². The monoisotopic (exact) mass is 313 g/mol. The first kappa shape index (κ1) is 15.0. The number of fused-ring (bicyclic) bond motifs is 1. The minimum absolute atomic E-state index is 0.00231. The lowest BCUT2D eigenvalue weighted by Gasteiger charge is -2.10. The van der Waals surface area contributed by atoms with Gasteiger partial charge >= 0.3 is 0 Å². The molecule has 0 atom stereocenters. The van der Waals surface area contributed by atoms with E-state index in [4.69, 9.17) is 9.47 Å². The van der Waals surface area contributed by atoms with Gasteiger partial charge in [-0.15, -0.1) is 0 Å². The number of carbonyl (C=O) groups excluding carboxylic acids is 1. The van der Waals surface area contributed by atoms with Crippen LogP contribution in [-0.4, -0.2) is 18.0 Å². The van der Waals surface area contributed by atoms with Crippen LogP contribution in [0.1, 0.15) is 29.3 Å². The fourth-order valence-corrected chi connectivity index (χ4v) is 2.73. The Morgan fingerprint density at radius 1 is 1.26 bits per heavy atom. The molecule has 0 aromatic heterocycles. The largest absolute Gasteiger partial charge is 0.453 e. The summed E-state index contributed by atoms with van der Waals surface area (Å²) in [6.07, 6.45) is 2.48. The SMILES string of the molecule is CCCc1ccc(-c2c(C=O)c([N+](=O)[O-])cc3c2OCO3)cc1. The van der Waals surface area contributed by atoms with Crippen molar-refractivity contribution in [1.82, 2.24) is 0 Å². The van der Waals surface area contributed by atoms with E-state index in [1.165, 1.54) is 11.6 Å². The van der Waals surface area contributed by atoms with Crippen LogP contribution in [0.15, 0.2) is 30.3 Å². The molecule has 6 nitrogen and oxygen atoms in total. The highest BCUT2D eigenvalue weighted by molar-refractivity contribution is 5.97. The number of rotatable bonds is 5. The molecule has 0 saturated carbocycles. The fourth-order valence-electron chi connectivity index (χ4n) is 2.73. The Balaban J connectivity index is 2.20. The first-order valence-corrected chi connectivity index (χ1v) is 7.31. The summed E-state index contributed by atoms with van der Waals surface area (Å²) in [5, 5.41) is 11.3. The summed E-state index contributed by atoms with van der Waals surface area (Å²) in [5.74, 6) is 0.663. The predicted molar refractivity (Wildman–Crippen MR) is 84.0 cm³/mol.